The quantitative estimate of drug-likeness (QED) is 0.689. The minimum absolute atomic E-state index is 0.171. The highest BCUT2D eigenvalue weighted by Crippen LogP contribution is 2.38. The third-order valence-electron chi connectivity index (χ3n) is 5.12. The van der Waals surface area contributed by atoms with E-state index in [-0.39, 0.29) is 17.8 Å². The molecule has 1 unspecified atom stereocenters. The second-order valence-corrected chi connectivity index (χ2v) is 6.95. The van der Waals surface area contributed by atoms with Crippen molar-refractivity contribution in [3.05, 3.63) is 35.6 Å². The third-order valence-corrected chi connectivity index (χ3v) is 5.12. The van der Waals surface area contributed by atoms with Gasteiger partial charge in [-0.2, -0.15) is 10.2 Å². The summed E-state index contributed by atoms with van der Waals surface area (Å²) in [6.07, 6.45) is 11.7. The van der Waals surface area contributed by atoms with Gasteiger partial charge < -0.3 is 4.90 Å². The van der Waals surface area contributed by atoms with Crippen molar-refractivity contribution < 1.29 is 9.18 Å². The van der Waals surface area contributed by atoms with E-state index in [0.29, 0.717) is 19.3 Å². The van der Waals surface area contributed by atoms with Crippen molar-refractivity contribution in [3.8, 4) is 12.3 Å². The number of hydrogen-bond donors (Lipinski definition) is 0. The molecule has 0 aliphatic carbocycles. The molecule has 2 aliphatic rings. The monoisotopic (exact) mass is 341 g/mol. The number of carbonyl (C=O) groups is 1. The Morgan fingerprint density at radius 1 is 1.28 bits per heavy atom. The second kappa shape index (κ2) is 7.77. The first-order chi connectivity index (χ1) is 12.1. The number of piperidine rings is 1. The molecule has 25 heavy (non-hydrogen) atoms. The summed E-state index contributed by atoms with van der Waals surface area (Å²) in [5.41, 5.74) is 0.674. The Balaban J connectivity index is 1.55. The number of likely N-dealkylation sites (tertiary alicyclic amines) is 1. The van der Waals surface area contributed by atoms with Crippen LogP contribution in [-0.4, -0.2) is 29.1 Å². The van der Waals surface area contributed by atoms with Gasteiger partial charge in [-0.25, -0.2) is 4.39 Å². The van der Waals surface area contributed by atoms with Crippen molar-refractivity contribution in [1.82, 2.24) is 4.90 Å². The van der Waals surface area contributed by atoms with Gasteiger partial charge in [0, 0.05) is 38.3 Å². The summed E-state index contributed by atoms with van der Waals surface area (Å²) in [5, 5.41) is 8.21. The Bertz CT molecular complexity index is 671. The lowest BCUT2D eigenvalue weighted by atomic mass is 9.94. The number of rotatable bonds is 7. The number of terminal acetylenes is 1. The first kappa shape index (κ1) is 17.6. The molecular weight excluding hydrogens is 317 g/mol. The van der Waals surface area contributed by atoms with Crippen LogP contribution in [0.4, 0.5) is 4.39 Å². The van der Waals surface area contributed by atoms with Gasteiger partial charge in [-0.05, 0) is 43.4 Å². The van der Waals surface area contributed by atoms with Crippen LogP contribution in [0, 0.1) is 18.2 Å². The summed E-state index contributed by atoms with van der Waals surface area (Å²) in [6, 6.07) is 6.78. The molecule has 1 aromatic carbocycles. The highest BCUT2D eigenvalue weighted by molar-refractivity contribution is 5.76. The predicted molar refractivity (Wildman–Crippen MR) is 94.3 cm³/mol. The molecule has 1 amide bonds. The first-order valence-corrected chi connectivity index (χ1v) is 9.03. The smallest absolute Gasteiger partial charge is 0.222 e. The van der Waals surface area contributed by atoms with E-state index in [1.807, 2.05) is 17.0 Å². The van der Waals surface area contributed by atoms with E-state index < -0.39 is 5.66 Å². The van der Waals surface area contributed by atoms with Crippen LogP contribution < -0.4 is 0 Å². The molecular formula is C20H24FN3O. The fourth-order valence-electron chi connectivity index (χ4n) is 3.55. The van der Waals surface area contributed by atoms with Gasteiger partial charge in [0.25, 0.3) is 0 Å². The zero-order chi connectivity index (χ0) is 17.7. The van der Waals surface area contributed by atoms with Crippen molar-refractivity contribution in [2.75, 3.05) is 6.54 Å². The molecule has 0 saturated carbocycles. The van der Waals surface area contributed by atoms with Crippen molar-refractivity contribution in [2.24, 2.45) is 10.2 Å². The zero-order valence-electron chi connectivity index (χ0n) is 14.5. The molecule has 1 aromatic rings. The van der Waals surface area contributed by atoms with Crippen LogP contribution in [0.25, 0.3) is 0 Å². The Hall–Kier alpha value is -2.22. The number of halogens is 1. The van der Waals surface area contributed by atoms with E-state index >= 15 is 0 Å². The Kier molecular flexibility index (Phi) is 5.47. The summed E-state index contributed by atoms with van der Waals surface area (Å²) < 4.78 is 13.1. The van der Waals surface area contributed by atoms with Gasteiger partial charge in [-0.1, -0.05) is 12.1 Å². The molecule has 3 rings (SSSR count). The number of amides is 1. The molecule has 0 radical (unpaired) electrons. The number of benzene rings is 1. The van der Waals surface area contributed by atoms with Crippen molar-refractivity contribution in [3.63, 3.8) is 0 Å². The fraction of sp³-hybridized carbons (Fsp3) is 0.550. The lowest BCUT2D eigenvalue weighted by Crippen LogP contribution is -2.45. The van der Waals surface area contributed by atoms with Crippen molar-refractivity contribution >= 4 is 5.91 Å². The zero-order valence-corrected chi connectivity index (χ0v) is 14.5. The summed E-state index contributed by atoms with van der Waals surface area (Å²) >= 11 is 0. The molecule has 5 heteroatoms. The van der Waals surface area contributed by atoms with E-state index in [1.54, 1.807) is 0 Å². The molecule has 0 aromatic heterocycles. The number of nitrogens with zero attached hydrogens (tertiary/aromatic N) is 3. The van der Waals surface area contributed by atoms with E-state index in [2.05, 4.69) is 16.1 Å². The Morgan fingerprint density at radius 2 is 2.04 bits per heavy atom. The van der Waals surface area contributed by atoms with Crippen LogP contribution in [0.15, 0.2) is 34.5 Å². The van der Waals surface area contributed by atoms with Gasteiger partial charge >= 0.3 is 0 Å². The molecule has 132 valence electrons. The molecule has 1 atom stereocenters. The van der Waals surface area contributed by atoms with Crippen LogP contribution in [0.2, 0.25) is 0 Å². The normalized spacial score (nSPS) is 21.0. The first-order valence-electron chi connectivity index (χ1n) is 9.03. The highest BCUT2D eigenvalue weighted by Gasteiger charge is 2.40. The Labute approximate surface area is 148 Å². The molecule has 2 heterocycles. The SMILES string of the molecule is C#CCCC1(CCC(=O)N2CCCCC2Cc2ccc(F)cc2)N=N1. The molecule has 2 aliphatic heterocycles. The van der Waals surface area contributed by atoms with Gasteiger partial charge in [0.2, 0.25) is 5.91 Å². The van der Waals surface area contributed by atoms with Gasteiger partial charge in [0.15, 0.2) is 5.66 Å². The van der Waals surface area contributed by atoms with Crippen LogP contribution >= 0.6 is 0 Å². The minimum Gasteiger partial charge on any atom is -0.339 e. The fourth-order valence-corrected chi connectivity index (χ4v) is 3.55. The second-order valence-electron chi connectivity index (χ2n) is 6.95. The average molecular weight is 341 g/mol. The largest absolute Gasteiger partial charge is 0.339 e. The molecule has 1 fully saturated rings. The van der Waals surface area contributed by atoms with Crippen molar-refractivity contribution in [2.45, 2.75) is 63.1 Å². The topological polar surface area (TPSA) is 45.0 Å². The molecule has 0 bridgehead atoms. The number of hydrogen-bond acceptors (Lipinski definition) is 3. The third kappa shape index (κ3) is 4.66. The van der Waals surface area contributed by atoms with E-state index in [0.717, 1.165) is 44.2 Å². The van der Waals surface area contributed by atoms with Gasteiger partial charge in [-0.15, -0.1) is 12.3 Å². The van der Waals surface area contributed by atoms with Crippen LogP contribution in [0.1, 0.15) is 50.5 Å². The van der Waals surface area contributed by atoms with Crippen LogP contribution in [-0.2, 0) is 11.2 Å². The molecule has 0 N–H and O–H groups in total. The Morgan fingerprint density at radius 3 is 2.72 bits per heavy atom. The summed E-state index contributed by atoms with van der Waals surface area (Å²) in [7, 11) is 0. The summed E-state index contributed by atoms with van der Waals surface area (Å²) in [6.45, 7) is 0.802. The standard InChI is InChI=1S/C20H24FN3O/c1-2-3-12-20(22-23-20)13-11-19(25)24-14-5-4-6-18(24)15-16-7-9-17(21)10-8-16/h1,7-10,18H,3-6,11-15H2. The van der Waals surface area contributed by atoms with Gasteiger partial charge in [0.1, 0.15) is 5.82 Å². The molecule has 4 nitrogen and oxygen atoms in total. The van der Waals surface area contributed by atoms with Gasteiger partial charge in [0.05, 0.1) is 0 Å². The van der Waals surface area contributed by atoms with E-state index in [4.69, 9.17) is 6.42 Å². The summed E-state index contributed by atoms with van der Waals surface area (Å²) in [5.74, 6) is 2.55. The van der Waals surface area contributed by atoms with Gasteiger partial charge in [-0.3, -0.25) is 4.79 Å². The minimum atomic E-state index is -0.399. The average Bonchev–Trinajstić information content (AvgIpc) is 3.41. The summed E-state index contributed by atoms with van der Waals surface area (Å²) in [4.78, 5) is 14.7. The van der Waals surface area contributed by atoms with Crippen LogP contribution in [0.5, 0.6) is 0 Å². The predicted octanol–water partition coefficient (Wildman–Crippen LogP) is 4.11. The number of carbonyl (C=O) groups excluding carboxylic acids is 1. The van der Waals surface area contributed by atoms with Crippen molar-refractivity contribution in [1.29, 1.82) is 0 Å². The highest BCUT2D eigenvalue weighted by atomic mass is 19.1. The lowest BCUT2D eigenvalue weighted by Gasteiger charge is -2.36. The molecule has 1 saturated heterocycles. The maximum absolute atomic E-state index is 13.1. The van der Waals surface area contributed by atoms with E-state index in [1.165, 1.54) is 12.1 Å². The lowest BCUT2D eigenvalue weighted by molar-refractivity contribution is -0.135. The van der Waals surface area contributed by atoms with E-state index in [9.17, 15) is 9.18 Å². The van der Waals surface area contributed by atoms with Crippen LogP contribution in [0.3, 0.4) is 0 Å². The maximum atomic E-state index is 13.1. The maximum Gasteiger partial charge on any atom is 0.222 e. The molecule has 0 spiro atoms.